The molecule has 0 aliphatic heterocycles. The third-order valence-corrected chi connectivity index (χ3v) is 3.64. The Bertz CT molecular complexity index is 594. The maximum atomic E-state index is 11.7. The van der Waals surface area contributed by atoms with Gasteiger partial charge in [0.05, 0.1) is 0 Å². The number of hydrogen-bond acceptors (Lipinski definition) is 4. The van der Waals surface area contributed by atoms with Crippen LogP contribution >= 0.6 is 0 Å². The molecule has 1 rings (SSSR count). The lowest BCUT2D eigenvalue weighted by molar-refractivity contribution is -0.150. The molecule has 1 amide bonds. The summed E-state index contributed by atoms with van der Waals surface area (Å²) in [6, 6.07) is 6.04. The molecule has 1 aromatic rings. The van der Waals surface area contributed by atoms with Crippen molar-refractivity contribution in [3.05, 3.63) is 29.3 Å². The Labute approximate surface area is 144 Å². The molecule has 0 aliphatic carbocycles. The molecule has 24 heavy (non-hydrogen) atoms. The number of esters is 1. The minimum absolute atomic E-state index is 0.0327. The lowest BCUT2D eigenvalue weighted by Crippen LogP contribution is -2.27. The van der Waals surface area contributed by atoms with E-state index in [0.717, 1.165) is 5.56 Å². The number of benzene rings is 1. The average molecular weight is 335 g/mol. The van der Waals surface area contributed by atoms with Crippen LogP contribution in [0.1, 0.15) is 52.7 Å². The molecule has 0 saturated heterocycles. The SMILES string of the molecule is CNC(=O)COC(=O)COc1ccc(C(C)(C)C)cc1C(C)(C)C. The van der Waals surface area contributed by atoms with Crippen LogP contribution in [0, 0.1) is 0 Å². The topological polar surface area (TPSA) is 64.6 Å². The summed E-state index contributed by atoms with van der Waals surface area (Å²) >= 11 is 0. The fourth-order valence-electron chi connectivity index (χ4n) is 2.11. The highest BCUT2D eigenvalue weighted by Crippen LogP contribution is 2.35. The number of nitrogens with one attached hydrogen (secondary N) is 1. The highest BCUT2D eigenvalue weighted by atomic mass is 16.6. The van der Waals surface area contributed by atoms with E-state index in [1.807, 2.05) is 12.1 Å². The summed E-state index contributed by atoms with van der Waals surface area (Å²) in [7, 11) is 1.49. The van der Waals surface area contributed by atoms with Gasteiger partial charge in [0.15, 0.2) is 13.2 Å². The highest BCUT2D eigenvalue weighted by Gasteiger charge is 2.23. The molecule has 0 radical (unpaired) electrons. The van der Waals surface area contributed by atoms with Gasteiger partial charge in [-0.25, -0.2) is 4.79 Å². The molecular formula is C19H29NO4. The largest absolute Gasteiger partial charge is 0.482 e. The van der Waals surface area contributed by atoms with Gasteiger partial charge in [-0.1, -0.05) is 53.7 Å². The Hall–Kier alpha value is -2.04. The van der Waals surface area contributed by atoms with Crippen LogP contribution in [0.15, 0.2) is 18.2 Å². The number of rotatable bonds is 5. The van der Waals surface area contributed by atoms with Crippen LogP contribution in [0.2, 0.25) is 0 Å². The number of likely N-dealkylation sites (N-methyl/N-ethyl adjacent to an activating group) is 1. The van der Waals surface area contributed by atoms with Crippen molar-refractivity contribution >= 4 is 11.9 Å². The van der Waals surface area contributed by atoms with Crippen molar-refractivity contribution in [2.75, 3.05) is 20.3 Å². The van der Waals surface area contributed by atoms with Crippen LogP contribution in [-0.2, 0) is 25.2 Å². The van der Waals surface area contributed by atoms with Gasteiger partial charge in [0.25, 0.3) is 5.91 Å². The van der Waals surface area contributed by atoms with Crippen LogP contribution in [0.4, 0.5) is 0 Å². The van der Waals surface area contributed by atoms with E-state index in [4.69, 9.17) is 9.47 Å². The lowest BCUT2D eigenvalue weighted by atomic mass is 9.80. The van der Waals surface area contributed by atoms with Gasteiger partial charge in [-0.3, -0.25) is 4.79 Å². The van der Waals surface area contributed by atoms with Gasteiger partial charge in [-0.15, -0.1) is 0 Å². The third-order valence-electron chi connectivity index (χ3n) is 3.64. The molecule has 0 fully saturated rings. The Morgan fingerprint density at radius 1 is 1.00 bits per heavy atom. The Morgan fingerprint density at radius 2 is 1.62 bits per heavy atom. The average Bonchev–Trinajstić information content (AvgIpc) is 2.48. The monoisotopic (exact) mass is 335 g/mol. The Kier molecular flexibility index (Phi) is 6.41. The van der Waals surface area contributed by atoms with Crippen molar-refractivity contribution in [1.82, 2.24) is 5.32 Å². The molecule has 134 valence electrons. The van der Waals surface area contributed by atoms with Crippen LogP contribution in [0.5, 0.6) is 5.75 Å². The number of hydrogen-bond donors (Lipinski definition) is 1. The molecule has 0 bridgehead atoms. The van der Waals surface area contributed by atoms with Gasteiger partial charge in [0, 0.05) is 7.05 Å². The zero-order chi connectivity index (χ0) is 18.5. The van der Waals surface area contributed by atoms with Crippen molar-refractivity contribution in [1.29, 1.82) is 0 Å². The summed E-state index contributed by atoms with van der Waals surface area (Å²) in [5, 5.41) is 2.39. The quantitative estimate of drug-likeness (QED) is 0.840. The predicted octanol–water partition coefficient (Wildman–Crippen LogP) is 2.95. The summed E-state index contributed by atoms with van der Waals surface area (Å²) in [6.45, 7) is 12.3. The maximum Gasteiger partial charge on any atom is 0.344 e. The molecule has 0 atom stereocenters. The standard InChI is InChI=1S/C19H29NO4/c1-18(2,3)13-8-9-15(14(10-13)19(4,5)6)23-12-17(22)24-11-16(21)20-7/h8-10H,11-12H2,1-7H3,(H,20,21). The van der Waals surface area contributed by atoms with Crippen molar-refractivity contribution in [3.8, 4) is 5.75 Å². The van der Waals surface area contributed by atoms with Crippen molar-refractivity contribution < 1.29 is 19.1 Å². The first-order valence-corrected chi connectivity index (χ1v) is 8.09. The summed E-state index contributed by atoms with van der Waals surface area (Å²) in [6.07, 6.45) is 0. The molecule has 0 aromatic heterocycles. The molecule has 0 heterocycles. The van der Waals surface area contributed by atoms with E-state index in [1.165, 1.54) is 12.6 Å². The predicted molar refractivity (Wildman–Crippen MR) is 94.4 cm³/mol. The van der Waals surface area contributed by atoms with E-state index < -0.39 is 5.97 Å². The minimum atomic E-state index is -0.571. The Balaban J connectivity index is 2.88. The fraction of sp³-hybridized carbons (Fsp3) is 0.579. The normalized spacial score (nSPS) is 11.8. The van der Waals surface area contributed by atoms with Crippen LogP contribution in [-0.4, -0.2) is 32.1 Å². The van der Waals surface area contributed by atoms with Crippen molar-refractivity contribution in [3.63, 3.8) is 0 Å². The van der Waals surface area contributed by atoms with Crippen molar-refractivity contribution in [2.24, 2.45) is 0 Å². The maximum absolute atomic E-state index is 11.7. The zero-order valence-electron chi connectivity index (χ0n) is 15.8. The van der Waals surface area contributed by atoms with Gasteiger partial charge >= 0.3 is 5.97 Å². The van der Waals surface area contributed by atoms with Gasteiger partial charge in [0.1, 0.15) is 5.75 Å². The van der Waals surface area contributed by atoms with E-state index in [2.05, 4.69) is 52.9 Å². The number of carbonyl (C=O) groups excluding carboxylic acids is 2. The van der Waals surface area contributed by atoms with Crippen LogP contribution < -0.4 is 10.1 Å². The van der Waals surface area contributed by atoms with Gasteiger partial charge in [0.2, 0.25) is 0 Å². The molecule has 5 heteroatoms. The molecule has 1 N–H and O–H groups in total. The van der Waals surface area contributed by atoms with Crippen LogP contribution in [0.3, 0.4) is 0 Å². The summed E-state index contributed by atoms with van der Waals surface area (Å²) < 4.78 is 10.5. The second kappa shape index (κ2) is 7.69. The molecular weight excluding hydrogens is 306 g/mol. The zero-order valence-corrected chi connectivity index (χ0v) is 15.8. The van der Waals surface area contributed by atoms with Crippen LogP contribution in [0.25, 0.3) is 0 Å². The number of carbonyl (C=O) groups is 2. The summed E-state index contributed by atoms with van der Waals surface area (Å²) in [5.41, 5.74) is 2.16. The highest BCUT2D eigenvalue weighted by molar-refractivity contribution is 5.80. The lowest BCUT2D eigenvalue weighted by Gasteiger charge is -2.27. The van der Waals surface area contributed by atoms with Gasteiger partial charge in [-0.2, -0.15) is 0 Å². The second-order valence-corrected chi connectivity index (χ2v) is 7.83. The fourth-order valence-corrected chi connectivity index (χ4v) is 2.11. The molecule has 1 aromatic carbocycles. The summed E-state index contributed by atoms with van der Waals surface area (Å²) in [5.74, 6) is -0.265. The second-order valence-electron chi connectivity index (χ2n) is 7.83. The van der Waals surface area contributed by atoms with E-state index in [9.17, 15) is 9.59 Å². The van der Waals surface area contributed by atoms with E-state index in [0.29, 0.717) is 5.75 Å². The minimum Gasteiger partial charge on any atom is -0.482 e. The summed E-state index contributed by atoms with van der Waals surface area (Å²) in [4.78, 5) is 22.8. The Morgan fingerprint density at radius 3 is 2.12 bits per heavy atom. The number of amides is 1. The third kappa shape index (κ3) is 5.87. The smallest absolute Gasteiger partial charge is 0.344 e. The molecule has 0 aliphatic rings. The van der Waals surface area contributed by atoms with Crippen molar-refractivity contribution in [2.45, 2.75) is 52.4 Å². The first-order chi connectivity index (χ1) is 10.9. The first-order valence-electron chi connectivity index (χ1n) is 8.09. The van der Waals surface area contributed by atoms with Gasteiger partial charge < -0.3 is 14.8 Å². The molecule has 0 unspecified atom stereocenters. The van der Waals surface area contributed by atoms with Gasteiger partial charge in [-0.05, 0) is 28.0 Å². The van der Waals surface area contributed by atoms with E-state index in [1.54, 1.807) is 0 Å². The number of ether oxygens (including phenoxy) is 2. The molecule has 0 saturated carbocycles. The van der Waals surface area contributed by atoms with E-state index >= 15 is 0 Å². The molecule has 5 nitrogen and oxygen atoms in total. The van der Waals surface area contributed by atoms with E-state index in [-0.39, 0.29) is 30.0 Å². The molecule has 0 spiro atoms. The first kappa shape index (κ1) is 20.0.